The Hall–Kier alpha value is -3.16. The van der Waals surface area contributed by atoms with Crippen LogP contribution in [0.15, 0.2) is 66.3 Å². The number of aryl methyl sites for hydroxylation is 1. The van der Waals surface area contributed by atoms with Gasteiger partial charge in [-0.3, -0.25) is 9.69 Å². The van der Waals surface area contributed by atoms with Gasteiger partial charge in [0.1, 0.15) is 18.0 Å². The number of pyridine rings is 1. The van der Waals surface area contributed by atoms with Crippen LogP contribution in [0.1, 0.15) is 39.3 Å². The molecular formula is C27H30N4O2S. The van der Waals surface area contributed by atoms with Gasteiger partial charge in [0.25, 0.3) is 5.91 Å². The number of piperidine rings is 1. The molecule has 1 atom stereocenters. The maximum atomic E-state index is 13.0. The predicted octanol–water partition coefficient (Wildman–Crippen LogP) is 4.93. The van der Waals surface area contributed by atoms with Crippen LogP contribution in [0.25, 0.3) is 5.65 Å². The van der Waals surface area contributed by atoms with Crippen molar-refractivity contribution in [2.24, 2.45) is 5.92 Å². The number of imidazole rings is 1. The van der Waals surface area contributed by atoms with Gasteiger partial charge in [-0.15, -0.1) is 11.3 Å². The molecule has 1 aliphatic heterocycles. The van der Waals surface area contributed by atoms with Crippen LogP contribution in [0.3, 0.4) is 0 Å². The molecule has 3 aromatic heterocycles. The molecule has 1 saturated heterocycles. The molecule has 0 saturated carbocycles. The molecule has 1 amide bonds. The molecular weight excluding hydrogens is 444 g/mol. The van der Waals surface area contributed by atoms with Gasteiger partial charge in [-0.2, -0.15) is 0 Å². The maximum Gasteiger partial charge on any atom is 0.255 e. The van der Waals surface area contributed by atoms with Crippen molar-refractivity contribution in [2.45, 2.75) is 32.9 Å². The van der Waals surface area contributed by atoms with E-state index in [0.29, 0.717) is 30.4 Å². The van der Waals surface area contributed by atoms with Crippen LogP contribution < -0.4 is 10.1 Å². The summed E-state index contributed by atoms with van der Waals surface area (Å²) in [5.74, 6) is 0.959. The lowest BCUT2D eigenvalue weighted by Gasteiger charge is -2.32. The quantitative estimate of drug-likeness (QED) is 0.394. The molecule has 5 rings (SSSR count). The van der Waals surface area contributed by atoms with Crippen molar-refractivity contribution in [1.82, 2.24) is 19.6 Å². The van der Waals surface area contributed by atoms with Crippen LogP contribution in [0.2, 0.25) is 0 Å². The number of thiophene rings is 1. The van der Waals surface area contributed by atoms with E-state index in [2.05, 4.69) is 32.7 Å². The van der Waals surface area contributed by atoms with Gasteiger partial charge in [0.15, 0.2) is 0 Å². The first-order valence-electron chi connectivity index (χ1n) is 11.8. The van der Waals surface area contributed by atoms with Gasteiger partial charge in [-0.25, -0.2) is 4.98 Å². The summed E-state index contributed by atoms with van der Waals surface area (Å²) in [7, 11) is 0. The van der Waals surface area contributed by atoms with E-state index in [9.17, 15) is 4.79 Å². The minimum atomic E-state index is -0.0863. The molecule has 0 spiro atoms. The number of fused-ring (bicyclic) bond motifs is 1. The highest BCUT2D eigenvalue weighted by atomic mass is 32.1. The normalized spacial score (nSPS) is 16.6. The number of ether oxygens (including phenoxy) is 1. The summed E-state index contributed by atoms with van der Waals surface area (Å²) >= 11 is 1.81. The van der Waals surface area contributed by atoms with Gasteiger partial charge in [0.05, 0.1) is 11.3 Å². The van der Waals surface area contributed by atoms with Crippen molar-refractivity contribution in [3.8, 4) is 5.75 Å². The highest BCUT2D eigenvalue weighted by Gasteiger charge is 2.22. The lowest BCUT2D eigenvalue weighted by molar-refractivity contribution is 0.0926. The van der Waals surface area contributed by atoms with Crippen molar-refractivity contribution in [1.29, 1.82) is 0 Å². The van der Waals surface area contributed by atoms with Gasteiger partial charge in [0.2, 0.25) is 0 Å². The van der Waals surface area contributed by atoms with Crippen LogP contribution in [0.4, 0.5) is 0 Å². The van der Waals surface area contributed by atoms with Gasteiger partial charge in [-0.1, -0.05) is 24.3 Å². The Morgan fingerprint density at radius 2 is 2.12 bits per heavy atom. The van der Waals surface area contributed by atoms with Crippen LogP contribution in [0.5, 0.6) is 5.75 Å². The zero-order valence-electron chi connectivity index (χ0n) is 19.4. The van der Waals surface area contributed by atoms with Gasteiger partial charge >= 0.3 is 0 Å². The Kier molecular flexibility index (Phi) is 6.92. The summed E-state index contributed by atoms with van der Waals surface area (Å²) in [5.41, 5.74) is 3.43. The zero-order chi connectivity index (χ0) is 23.3. The Bertz CT molecular complexity index is 1250. The largest absolute Gasteiger partial charge is 0.486 e. The second-order valence-electron chi connectivity index (χ2n) is 8.97. The van der Waals surface area contributed by atoms with Crippen molar-refractivity contribution in [3.63, 3.8) is 0 Å². The third-order valence-corrected chi connectivity index (χ3v) is 7.21. The lowest BCUT2D eigenvalue weighted by atomic mass is 9.97. The summed E-state index contributed by atoms with van der Waals surface area (Å²) in [6, 6.07) is 15.8. The molecule has 1 fully saturated rings. The number of rotatable bonds is 8. The summed E-state index contributed by atoms with van der Waals surface area (Å²) in [5, 5.41) is 5.28. The fourth-order valence-corrected chi connectivity index (χ4v) is 5.37. The molecule has 34 heavy (non-hydrogen) atoms. The molecule has 0 radical (unpaired) electrons. The first kappa shape index (κ1) is 22.6. The van der Waals surface area contributed by atoms with Crippen molar-refractivity contribution in [2.75, 3.05) is 19.6 Å². The number of benzene rings is 1. The number of nitrogens with one attached hydrogen (secondary N) is 1. The van der Waals surface area contributed by atoms with Gasteiger partial charge < -0.3 is 14.5 Å². The fraction of sp³-hybridized carbons (Fsp3) is 0.333. The van der Waals surface area contributed by atoms with E-state index in [4.69, 9.17) is 4.74 Å². The third-order valence-electron chi connectivity index (χ3n) is 6.35. The van der Waals surface area contributed by atoms with E-state index in [1.54, 1.807) is 0 Å². The molecule has 6 nitrogen and oxygen atoms in total. The number of likely N-dealkylation sites (tertiary alicyclic amines) is 1. The monoisotopic (exact) mass is 474 g/mol. The lowest BCUT2D eigenvalue weighted by Crippen LogP contribution is -2.40. The van der Waals surface area contributed by atoms with E-state index in [0.717, 1.165) is 43.0 Å². The number of carbonyl (C=O) groups is 1. The maximum absolute atomic E-state index is 13.0. The minimum absolute atomic E-state index is 0.0863. The average Bonchev–Trinajstić information content (AvgIpc) is 3.52. The third kappa shape index (κ3) is 5.32. The average molecular weight is 475 g/mol. The summed E-state index contributed by atoms with van der Waals surface area (Å²) < 4.78 is 8.04. The van der Waals surface area contributed by atoms with Crippen LogP contribution in [0, 0.1) is 12.8 Å². The number of carbonyl (C=O) groups excluding carboxylic acids is 1. The van der Waals surface area contributed by atoms with E-state index < -0.39 is 0 Å². The number of amides is 1. The number of hydrogen-bond acceptors (Lipinski definition) is 5. The summed E-state index contributed by atoms with van der Waals surface area (Å²) in [6.45, 7) is 6.18. The molecule has 1 unspecified atom stereocenters. The summed E-state index contributed by atoms with van der Waals surface area (Å²) in [6.07, 6.45) is 6.26. The highest BCUT2D eigenvalue weighted by molar-refractivity contribution is 7.09. The smallest absolute Gasteiger partial charge is 0.255 e. The first-order chi connectivity index (χ1) is 16.7. The minimum Gasteiger partial charge on any atom is -0.486 e. The molecule has 1 aromatic carbocycles. The van der Waals surface area contributed by atoms with Crippen LogP contribution in [-0.2, 0) is 13.2 Å². The van der Waals surface area contributed by atoms with Crippen molar-refractivity contribution in [3.05, 3.63) is 88.0 Å². The molecule has 7 heteroatoms. The van der Waals surface area contributed by atoms with Gasteiger partial charge in [0, 0.05) is 36.9 Å². The Morgan fingerprint density at radius 1 is 1.21 bits per heavy atom. The standard InChI is InChI=1S/C27H30N4O2S/c1-20-7-4-13-31-17-22(29-26(20)31)19-33-25-11-3-2-10-24(25)27(32)28-15-21-8-5-12-30(16-21)18-23-9-6-14-34-23/h2-4,6-7,9-11,13-14,17,21H,5,8,12,15-16,18-19H2,1H3,(H,28,32). The van der Waals surface area contributed by atoms with Crippen LogP contribution >= 0.6 is 11.3 Å². The van der Waals surface area contributed by atoms with E-state index >= 15 is 0 Å². The second kappa shape index (κ2) is 10.4. The highest BCUT2D eigenvalue weighted by Crippen LogP contribution is 2.22. The van der Waals surface area contributed by atoms with Crippen LogP contribution in [-0.4, -0.2) is 39.8 Å². The SMILES string of the molecule is Cc1cccn2cc(COc3ccccc3C(=O)NCC3CCCN(Cc4cccs4)C3)nc12. The van der Waals surface area contributed by atoms with Gasteiger partial charge in [-0.05, 0) is 67.4 Å². The van der Waals surface area contributed by atoms with Crippen molar-refractivity contribution >= 4 is 22.9 Å². The number of aromatic nitrogens is 2. The number of para-hydroxylation sites is 1. The first-order valence-corrected chi connectivity index (χ1v) is 12.7. The molecule has 176 valence electrons. The molecule has 0 aliphatic carbocycles. The molecule has 1 aliphatic rings. The number of nitrogens with zero attached hydrogens (tertiary/aromatic N) is 3. The van der Waals surface area contributed by atoms with E-state index in [1.807, 2.05) is 71.5 Å². The fourth-order valence-electron chi connectivity index (χ4n) is 4.62. The Labute approximate surface area is 204 Å². The second-order valence-corrected chi connectivity index (χ2v) is 10.0. The molecule has 4 aromatic rings. The summed E-state index contributed by atoms with van der Waals surface area (Å²) in [4.78, 5) is 21.6. The zero-order valence-corrected chi connectivity index (χ0v) is 20.3. The predicted molar refractivity (Wildman–Crippen MR) is 135 cm³/mol. The Morgan fingerprint density at radius 3 is 2.97 bits per heavy atom. The Balaban J connectivity index is 1.18. The molecule has 0 bridgehead atoms. The molecule has 1 N–H and O–H groups in total. The molecule has 4 heterocycles. The van der Waals surface area contributed by atoms with Crippen molar-refractivity contribution < 1.29 is 9.53 Å². The number of hydrogen-bond donors (Lipinski definition) is 1. The van der Waals surface area contributed by atoms with E-state index in [-0.39, 0.29) is 5.91 Å². The topological polar surface area (TPSA) is 58.9 Å². The van der Waals surface area contributed by atoms with E-state index in [1.165, 1.54) is 11.3 Å².